The number of aromatic carboxylic acids is 1. The van der Waals surface area contributed by atoms with Crippen LogP contribution < -0.4 is 20.7 Å². The molecule has 3 aromatic rings. The van der Waals surface area contributed by atoms with Crippen LogP contribution in [0.5, 0.6) is 0 Å². The Morgan fingerprint density at radius 1 is 1.03 bits per heavy atom. The van der Waals surface area contributed by atoms with E-state index in [1.54, 1.807) is 4.68 Å². The number of anilines is 2. The molecule has 11 nitrogen and oxygen atoms in total. The highest BCUT2D eigenvalue weighted by Gasteiger charge is 2.34. The summed E-state index contributed by atoms with van der Waals surface area (Å²) < 4.78 is 63.2. The molecule has 206 valence electrons. The molecule has 0 bridgehead atoms. The lowest BCUT2D eigenvalue weighted by molar-refractivity contribution is -0.132. The van der Waals surface area contributed by atoms with Gasteiger partial charge in [0.05, 0.1) is 48.3 Å². The standard InChI is InChI=1S/C24H21F4N5O6/c25-16-8-13(31-11-14(39-24(31)38)10-29-21(34)20(27)28)9-17(26)19(16)30-3-5-32-18-2-1-12(23(36)37)7-15(18)22(35)33(32)6-4-30/h1-2,7-9,14,20H,3-6,10-11H2,(H,29,34)(H,36,37). The van der Waals surface area contributed by atoms with Gasteiger partial charge in [0.1, 0.15) is 11.8 Å². The van der Waals surface area contributed by atoms with Gasteiger partial charge in [-0.25, -0.2) is 23.1 Å². The molecule has 1 fully saturated rings. The Bertz CT molecular complexity index is 1530. The van der Waals surface area contributed by atoms with E-state index in [1.807, 2.05) is 5.32 Å². The summed E-state index contributed by atoms with van der Waals surface area (Å²) in [5, 5.41) is 11.4. The van der Waals surface area contributed by atoms with Crippen LogP contribution in [0, 0.1) is 11.6 Å². The van der Waals surface area contributed by atoms with Crippen LogP contribution in [-0.2, 0) is 22.6 Å². The first kappa shape index (κ1) is 26.1. The molecule has 3 heterocycles. The van der Waals surface area contributed by atoms with E-state index in [-0.39, 0.29) is 55.0 Å². The van der Waals surface area contributed by atoms with Crippen molar-refractivity contribution in [3.63, 3.8) is 0 Å². The lowest BCUT2D eigenvalue weighted by Crippen LogP contribution is -2.37. The number of alkyl halides is 2. The Balaban J connectivity index is 1.34. The van der Waals surface area contributed by atoms with Gasteiger partial charge < -0.3 is 20.1 Å². The first-order valence-electron chi connectivity index (χ1n) is 11.8. The number of halogens is 4. The van der Waals surface area contributed by atoms with Gasteiger partial charge in [0.25, 0.3) is 11.5 Å². The fourth-order valence-electron chi connectivity index (χ4n) is 4.81. The van der Waals surface area contributed by atoms with Gasteiger partial charge in [0.15, 0.2) is 11.6 Å². The molecule has 0 aliphatic carbocycles. The number of carboxylic acids is 1. The van der Waals surface area contributed by atoms with E-state index in [2.05, 4.69) is 0 Å². The second-order valence-electron chi connectivity index (χ2n) is 9.00. The van der Waals surface area contributed by atoms with Crippen LogP contribution in [-0.4, -0.2) is 71.1 Å². The predicted octanol–water partition coefficient (Wildman–Crippen LogP) is 2.01. The Morgan fingerprint density at radius 3 is 2.33 bits per heavy atom. The Morgan fingerprint density at radius 2 is 1.69 bits per heavy atom. The third-order valence-corrected chi connectivity index (χ3v) is 6.65. The fraction of sp³-hybridized carbons (Fsp3) is 0.333. The molecule has 2 aromatic carbocycles. The zero-order chi connectivity index (χ0) is 28.0. The number of cyclic esters (lactones) is 1. The van der Waals surface area contributed by atoms with Crippen LogP contribution in [0.1, 0.15) is 10.4 Å². The van der Waals surface area contributed by atoms with Crippen LogP contribution in [0.15, 0.2) is 35.1 Å². The van der Waals surface area contributed by atoms with Crippen molar-refractivity contribution < 1.29 is 41.8 Å². The van der Waals surface area contributed by atoms with Crippen molar-refractivity contribution in [1.82, 2.24) is 14.7 Å². The van der Waals surface area contributed by atoms with E-state index in [0.29, 0.717) is 5.52 Å². The summed E-state index contributed by atoms with van der Waals surface area (Å²) in [6, 6.07) is 6.08. The molecule has 15 heteroatoms. The quantitative estimate of drug-likeness (QED) is 0.449. The largest absolute Gasteiger partial charge is 0.478 e. The van der Waals surface area contributed by atoms with Crippen molar-refractivity contribution in [2.24, 2.45) is 0 Å². The molecule has 5 rings (SSSR count). The summed E-state index contributed by atoms with van der Waals surface area (Å²) in [7, 11) is 0. The van der Waals surface area contributed by atoms with E-state index in [0.717, 1.165) is 17.0 Å². The molecule has 2 N–H and O–H groups in total. The summed E-state index contributed by atoms with van der Waals surface area (Å²) in [6.45, 7) is -0.188. The van der Waals surface area contributed by atoms with Crippen LogP contribution >= 0.6 is 0 Å². The molecule has 1 saturated heterocycles. The second-order valence-corrected chi connectivity index (χ2v) is 9.00. The van der Waals surface area contributed by atoms with E-state index in [1.165, 1.54) is 27.8 Å². The number of carbonyl (C=O) groups is 3. The van der Waals surface area contributed by atoms with Gasteiger partial charge in [-0.3, -0.25) is 19.2 Å². The van der Waals surface area contributed by atoms with Crippen molar-refractivity contribution in [2.45, 2.75) is 25.6 Å². The van der Waals surface area contributed by atoms with Gasteiger partial charge in [-0.05, 0) is 18.2 Å². The molecule has 1 atom stereocenters. The minimum atomic E-state index is -3.24. The van der Waals surface area contributed by atoms with Crippen molar-refractivity contribution in [3.05, 3.63) is 57.9 Å². The number of carbonyl (C=O) groups excluding carboxylic acids is 2. The number of rotatable bonds is 6. The van der Waals surface area contributed by atoms with Gasteiger partial charge in [-0.1, -0.05) is 0 Å². The third kappa shape index (κ3) is 4.75. The van der Waals surface area contributed by atoms with Gasteiger partial charge in [-0.15, -0.1) is 0 Å². The molecule has 2 aliphatic rings. The zero-order valence-corrected chi connectivity index (χ0v) is 20.1. The fourth-order valence-corrected chi connectivity index (χ4v) is 4.81. The molecule has 1 unspecified atom stereocenters. The van der Waals surface area contributed by atoms with E-state index >= 15 is 8.78 Å². The molecule has 39 heavy (non-hydrogen) atoms. The zero-order valence-electron chi connectivity index (χ0n) is 20.1. The summed E-state index contributed by atoms with van der Waals surface area (Å²) in [5.74, 6) is -4.64. The summed E-state index contributed by atoms with van der Waals surface area (Å²) in [6.07, 6.45) is -5.19. The second kappa shape index (κ2) is 9.96. The highest BCUT2D eigenvalue weighted by Crippen LogP contribution is 2.31. The van der Waals surface area contributed by atoms with E-state index in [9.17, 15) is 33.1 Å². The number of amides is 2. The van der Waals surface area contributed by atoms with Gasteiger partial charge >= 0.3 is 18.5 Å². The Hall–Kier alpha value is -4.56. The van der Waals surface area contributed by atoms with E-state index in [4.69, 9.17) is 4.74 Å². The van der Waals surface area contributed by atoms with Crippen molar-refractivity contribution in [1.29, 1.82) is 0 Å². The number of fused-ring (bicyclic) bond motifs is 3. The highest BCUT2D eigenvalue weighted by molar-refractivity contribution is 5.93. The van der Waals surface area contributed by atoms with Gasteiger partial charge in [-0.2, -0.15) is 8.78 Å². The van der Waals surface area contributed by atoms with Crippen LogP contribution in [0.4, 0.5) is 33.7 Å². The third-order valence-electron chi connectivity index (χ3n) is 6.65. The number of nitrogens with zero attached hydrogens (tertiary/aromatic N) is 4. The van der Waals surface area contributed by atoms with Crippen LogP contribution in [0.3, 0.4) is 0 Å². The molecular weight excluding hydrogens is 530 g/mol. The molecule has 0 radical (unpaired) electrons. The number of ether oxygens (including phenoxy) is 1. The van der Waals surface area contributed by atoms with E-state index < -0.39 is 54.2 Å². The maximum Gasteiger partial charge on any atom is 0.414 e. The van der Waals surface area contributed by atoms with Crippen molar-refractivity contribution >= 4 is 40.2 Å². The van der Waals surface area contributed by atoms with Crippen molar-refractivity contribution in [3.8, 4) is 0 Å². The summed E-state index contributed by atoms with van der Waals surface area (Å²) >= 11 is 0. The first-order chi connectivity index (χ1) is 18.5. The number of benzene rings is 2. The molecular formula is C24H21F4N5O6. The average Bonchev–Trinajstić information content (AvgIpc) is 3.29. The van der Waals surface area contributed by atoms with Gasteiger partial charge in [0.2, 0.25) is 0 Å². The summed E-state index contributed by atoms with van der Waals surface area (Å²) in [5.41, 5.74) is -0.465. The SMILES string of the molecule is O=C(O)c1ccc2c(c1)c(=O)n1n2CCN(c2c(F)cc(N3CC(CNC(=O)C(F)F)OC3=O)cc2F)CC1. The smallest absolute Gasteiger partial charge is 0.414 e. The molecule has 2 amide bonds. The normalized spacial score (nSPS) is 17.4. The maximum absolute atomic E-state index is 15.2. The molecule has 2 aliphatic heterocycles. The minimum Gasteiger partial charge on any atom is -0.478 e. The number of nitrogens with one attached hydrogen (secondary N) is 1. The van der Waals surface area contributed by atoms with Crippen LogP contribution in [0.25, 0.3) is 10.9 Å². The maximum atomic E-state index is 15.2. The Labute approximate surface area is 216 Å². The van der Waals surface area contributed by atoms with Crippen molar-refractivity contribution in [2.75, 3.05) is 36.0 Å². The Kier molecular flexibility index (Phi) is 6.66. The predicted molar refractivity (Wildman–Crippen MR) is 128 cm³/mol. The number of carboxylic acid groups (broad SMARTS) is 1. The van der Waals surface area contributed by atoms with Crippen LogP contribution in [0.2, 0.25) is 0 Å². The van der Waals surface area contributed by atoms with Gasteiger partial charge in [0, 0.05) is 25.2 Å². The number of aromatic nitrogens is 2. The lowest BCUT2D eigenvalue weighted by atomic mass is 10.1. The average molecular weight is 551 g/mol. The monoisotopic (exact) mass is 551 g/mol. The number of hydrogen-bond acceptors (Lipinski definition) is 6. The first-order valence-corrected chi connectivity index (χ1v) is 11.8. The topological polar surface area (TPSA) is 126 Å². The molecule has 0 spiro atoms. The number of hydrogen-bond donors (Lipinski definition) is 2. The highest BCUT2D eigenvalue weighted by atomic mass is 19.3. The minimum absolute atomic E-state index is 0.0297. The molecule has 1 aromatic heterocycles. The lowest BCUT2D eigenvalue weighted by Gasteiger charge is -2.24. The summed E-state index contributed by atoms with van der Waals surface area (Å²) in [4.78, 5) is 49.8. The molecule has 0 saturated carbocycles.